The van der Waals surface area contributed by atoms with E-state index in [1.54, 1.807) is 12.3 Å². The molecular formula is C14H13N5OS. The summed E-state index contributed by atoms with van der Waals surface area (Å²) in [5.41, 5.74) is 9.12. The zero-order valence-corrected chi connectivity index (χ0v) is 12.1. The number of pyridine rings is 1. The molecule has 2 aromatic heterocycles. The number of imidazole rings is 1. The highest BCUT2D eigenvalue weighted by molar-refractivity contribution is 7.99. The number of aryl methyl sites for hydroxylation is 1. The van der Waals surface area contributed by atoms with E-state index in [9.17, 15) is 0 Å². The van der Waals surface area contributed by atoms with Crippen molar-refractivity contribution in [3.8, 4) is 0 Å². The molecule has 4 N–H and O–H groups in total. The van der Waals surface area contributed by atoms with Gasteiger partial charge in [0.1, 0.15) is 5.69 Å². The number of H-pyrrole nitrogens is 1. The van der Waals surface area contributed by atoms with Crippen molar-refractivity contribution in [3.05, 3.63) is 47.8 Å². The van der Waals surface area contributed by atoms with Crippen LogP contribution >= 0.6 is 11.8 Å². The number of nitrogens with two attached hydrogens (primary N) is 1. The Kier molecular flexibility index (Phi) is 3.49. The summed E-state index contributed by atoms with van der Waals surface area (Å²) in [7, 11) is 0. The Labute approximate surface area is 125 Å². The molecule has 0 unspecified atom stereocenters. The molecule has 0 saturated carbocycles. The van der Waals surface area contributed by atoms with E-state index in [-0.39, 0.29) is 5.84 Å². The van der Waals surface area contributed by atoms with Gasteiger partial charge in [0.25, 0.3) is 0 Å². The first-order valence-electron chi connectivity index (χ1n) is 6.24. The number of hydrogen-bond acceptors (Lipinski definition) is 5. The molecule has 0 aliphatic carbocycles. The maximum atomic E-state index is 8.81. The van der Waals surface area contributed by atoms with Gasteiger partial charge < -0.3 is 15.9 Å². The number of amidine groups is 1. The third kappa shape index (κ3) is 2.68. The highest BCUT2D eigenvalue weighted by Crippen LogP contribution is 2.29. The number of hydrogen-bond donors (Lipinski definition) is 3. The minimum absolute atomic E-state index is 0.0231. The number of rotatable bonds is 3. The minimum Gasteiger partial charge on any atom is -0.409 e. The quantitative estimate of drug-likeness (QED) is 0.298. The average Bonchev–Trinajstić information content (AvgIpc) is 2.88. The molecule has 0 radical (unpaired) electrons. The summed E-state index contributed by atoms with van der Waals surface area (Å²) < 4.78 is 0. The number of nitrogens with one attached hydrogen (secondary N) is 1. The number of oxime groups is 1. The largest absolute Gasteiger partial charge is 0.409 e. The molecule has 0 amide bonds. The Morgan fingerprint density at radius 3 is 3.05 bits per heavy atom. The zero-order chi connectivity index (χ0) is 14.8. The average molecular weight is 299 g/mol. The second-order valence-electron chi connectivity index (χ2n) is 4.50. The molecule has 1 aromatic carbocycles. The maximum Gasteiger partial charge on any atom is 0.189 e. The predicted octanol–water partition coefficient (Wildman–Crippen LogP) is 2.51. The summed E-state index contributed by atoms with van der Waals surface area (Å²) >= 11 is 1.39. The molecule has 6 nitrogen and oxygen atoms in total. The van der Waals surface area contributed by atoms with Crippen LogP contribution in [0.3, 0.4) is 0 Å². The van der Waals surface area contributed by atoms with Gasteiger partial charge in [0.2, 0.25) is 0 Å². The van der Waals surface area contributed by atoms with E-state index in [0.717, 1.165) is 21.1 Å². The monoisotopic (exact) mass is 299 g/mol. The van der Waals surface area contributed by atoms with E-state index in [0.29, 0.717) is 5.69 Å². The molecule has 7 heteroatoms. The van der Waals surface area contributed by atoms with E-state index in [1.807, 2.05) is 31.2 Å². The lowest BCUT2D eigenvalue weighted by Crippen LogP contribution is -2.16. The summed E-state index contributed by atoms with van der Waals surface area (Å²) in [6.07, 6.45) is 1.60. The molecule has 0 saturated heterocycles. The van der Waals surface area contributed by atoms with Crippen LogP contribution in [0.1, 0.15) is 11.3 Å². The number of aromatic amines is 1. The zero-order valence-electron chi connectivity index (χ0n) is 11.2. The van der Waals surface area contributed by atoms with Gasteiger partial charge in [0.05, 0.1) is 11.0 Å². The molecule has 0 fully saturated rings. The van der Waals surface area contributed by atoms with E-state index in [4.69, 9.17) is 10.9 Å². The smallest absolute Gasteiger partial charge is 0.189 e. The van der Waals surface area contributed by atoms with Gasteiger partial charge in [-0.25, -0.2) is 4.98 Å². The fourth-order valence-electron chi connectivity index (χ4n) is 1.97. The van der Waals surface area contributed by atoms with Crippen LogP contribution in [-0.4, -0.2) is 26.0 Å². The number of benzene rings is 1. The van der Waals surface area contributed by atoms with Crippen LogP contribution < -0.4 is 5.73 Å². The van der Waals surface area contributed by atoms with Gasteiger partial charge in [-0.3, -0.25) is 4.98 Å². The number of nitrogens with zero attached hydrogens (tertiary/aromatic N) is 3. The van der Waals surface area contributed by atoms with Crippen LogP contribution in [0.15, 0.2) is 51.7 Å². The Morgan fingerprint density at radius 1 is 1.38 bits per heavy atom. The molecule has 0 spiro atoms. The fraction of sp³-hybridized carbons (Fsp3) is 0.0714. The minimum atomic E-state index is -0.0231. The maximum absolute atomic E-state index is 8.81. The summed E-state index contributed by atoms with van der Waals surface area (Å²) in [5, 5.41) is 12.5. The van der Waals surface area contributed by atoms with Gasteiger partial charge >= 0.3 is 0 Å². The van der Waals surface area contributed by atoms with Gasteiger partial charge in [-0.1, -0.05) is 11.2 Å². The van der Waals surface area contributed by atoms with Crippen molar-refractivity contribution in [2.45, 2.75) is 17.0 Å². The van der Waals surface area contributed by atoms with Gasteiger partial charge in [-0.05, 0) is 48.5 Å². The first-order valence-corrected chi connectivity index (χ1v) is 7.06. The van der Waals surface area contributed by atoms with Crippen LogP contribution in [-0.2, 0) is 0 Å². The highest BCUT2D eigenvalue weighted by Gasteiger charge is 2.12. The lowest BCUT2D eigenvalue weighted by molar-refractivity contribution is 0.318. The lowest BCUT2D eigenvalue weighted by Gasteiger charge is -2.04. The second kappa shape index (κ2) is 5.45. The summed E-state index contributed by atoms with van der Waals surface area (Å²) in [4.78, 5) is 12.7. The van der Waals surface area contributed by atoms with Crippen LogP contribution in [0.25, 0.3) is 11.0 Å². The van der Waals surface area contributed by atoms with Crippen molar-refractivity contribution in [1.29, 1.82) is 0 Å². The molecule has 106 valence electrons. The first kappa shape index (κ1) is 13.4. The lowest BCUT2D eigenvalue weighted by atomic mass is 10.2. The van der Waals surface area contributed by atoms with Crippen molar-refractivity contribution in [3.63, 3.8) is 0 Å². The second-order valence-corrected chi connectivity index (χ2v) is 5.53. The van der Waals surface area contributed by atoms with E-state index >= 15 is 0 Å². The summed E-state index contributed by atoms with van der Waals surface area (Å²) in [6.45, 7) is 2.03. The van der Waals surface area contributed by atoms with Gasteiger partial charge in [-0.2, -0.15) is 0 Å². The van der Waals surface area contributed by atoms with E-state index in [2.05, 4.69) is 20.1 Å². The van der Waals surface area contributed by atoms with Crippen LogP contribution in [0.5, 0.6) is 0 Å². The molecule has 3 aromatic rings. The molecule has 0 atom stereocenters. The van der Waals surface area contributed by atoms with Crippen LogP contribution in [0.2, 0.25) is 0 Å². The molecule has 0 bridgehead atoms. The first-order chi connectivity index (χ1) is 10.2. The molecule has 2 heterocycles. The molecule has 3 rings (SSSR count). The Morgan fingerprint density at radius 2 is 2.24 bits per heavy atom. The number of fused-ring (bicyclic) bond motifs is 1. The topological polar surface area (TPSA) is 100 Å². The highest BCUT2D eigenvalue weighted by atomic mass is 32.2. The predicted molar refractivity (Wildman–Crippen MR) is 81.7 cm³/mol. The van der Waals surface area contributed by atoms with Crippen LogP contribution in [0.4, 0.5) is 0 Å². The van der Waals surface area contributed by atoms with Gasteiger partial charge in [0.15, 0.2) is 11.0 Å². The third-order valence-corrected chi connectivity index (χ3v) is 3.88. The Hall–Kier alpha value is -2.54. The summed E-state index contributed by atoms with van der Waals surface area (Å²) in [6, 6.07) is 9.68. The van der Waals surface area contributed by atoms with Gasteiger partial charge in [0, 0.05) is 11.1 Å². The molecular weight excluding hydrogens is 286 g/mol. The fourth-order valence-corrected chi connectivity index (χ4v) is 2.88. The van der Waals surface area contributed by atoms with Crippen LogP contribution in [0, 0.1) is 6.92 Å². The standard InChI is InChI=1S/C14H13N5OS/c1-8-4-5-9-10(7-8)18-14(17-9)21-11-3-2-6-16-12(11)13(15)19-20/h2-7,20H,1H3,(H2,15,19)(H,17,18). The number of aromatic nitrogens is 3. The van der Waals surface area contributed by atoms with Crippen molar-refractivity contribution in [2.75, 3.05) is 0 Å². The van der Waals surface area contributed by atoms with Crippen molar-refractivity contribution >= 4 is 28.6 Å². The molecule has 0 aliphatic heterocycles. The van der Waals surface area contributed by atoms with Crippen molar-refractivity contribution in [2.24, 2.45) is 10.9 Å². The Bertz CT molecular complexity index is 827. The molecule has 0 aliphatic rings. The van der Waals surface area contributed by atoms with E-state index < -0.39 is 0 Å². The molecule has 21 heavy (non-hydrogen) atoms. The normalized spacial score (nSPS) is 12.0. The SMILES string of the molecule is Cc1ccc2nc(Sc3cccnc3/C(N)=N/O)[nH]c2c1. The van der Waals surface area contributed by atoms with Crippen molar-refractivity contribution in [1.82, 2.24) is 15.0 Å². The third-order valence-electron chi connectivity index (χ3n) is 2.94. The van der Waals surface area contributed by atoms with Crippen molar-refractivity contribution < 1.29 is 5.21 Å². The van der Waals surface area contributed by atoms with E-state index in [1.165, 1.54) is 17.3 Å². The Balaban J connectivity index is 1.99. The summed E-state index contributed by atoms with van der Waals surface area (Å²) in [5.74, 6) is -0.0231. The van der Waals surface area contributed by atoms with Gasteiger partial charge in [-0.15, -0.1) is 0 Å².